The summed E-state index contributed by atoms with van der Waals surface area (Å²) in [5.41, 5.74) is 0. The highest BCUT2D eigenvalue weighted by atomic mass is 15.3. The van der Waals surface area contributed by atoms with Gasteiger partial charge in [-0.05, 0) is 28.2 Å². The molecule has 0 aromatic rings. The Morgan fingerprint density at radius 3 is 1.55 bits per heavy atom. The monoisotopic (exact) mass is 317 g/mol. The Bertz CT molecular complexity index is 243. The van der Waals surface area contributed by atoms with E-state index in [0.717, 1.165) is 56.8 Å². The lowest BCUT2D eigenvalue weighted by Crippen LogP contribution is -2.48. The van der Waals surface area contributed by atoms with Gasteiger partial charge in [0.15, 0.2) is 0 Å². The van der Waals surface area contributed by atoms with Crippen LogP contribution in [0.4, 0.5) is 0 Å². The number of hydrogen-bond donors (Lipinski definition) is 3. The maximum absolute atomic E-state index is 3.53. The first-order valence-electron chi connectivity index (χ1n) is 8.57. The van der Waals surface area contributed by atoms with Crippen molar-refractivity contribution in [3.05, 3.63) is 0 Å². The molecule has 0 atom stereocenters. The van der Waals surface area contributed by atoms with Crippen LogP contribution in [0, 0.1) is 0 Å². The van der Waals surface area contributed by atoms with Gasteiger partial charge >= 0.3 is 0 Å². The minimum Gasteiger partial charge on any atom is -0.326 e. The molecule has 0 fully saturated rings. The van der Waals surface area contributed by atoms with Gasteiger partial charge < -0.3 is 30.2 Å². The number of hydrogen-bond acceptors (Lipinski definition) is 5. The third-order valence-electron chi connectivity index (χ3n) is 3.74. The normalized spacial score (nSPS) is 12.5. The molecule has 0 unspecified atom stereocenters. The molecule has 0 saturated heterocycles. The molecule has 0 aliphatic heterocycles. The fourth-order valence-electron chi connectivity index (χ4n) is 2.00. The topological polar surface area (TPSA) is 42.6 Å². The largest absolute Gasteiger partial charge is 0.326 e. The van der Waals surface area contributed by atoms with E-state index >= 15 is 0 Å². The highest BCUT2D eigenvalue weighted by Gasteiger charge is 2.13. The van der Waals surface area contributed by atoms with Gasteiger partial charge in [-0.15, -0.1) is 0 Å². The molecule has 0 radical (unpaired) electrons. The average molecular weight is 318 g/mol. The first-order valence-corrected chi connectivity index (χ1v) is 8.57. The van der Waals surface area contributed by atoms with E-state index in [4.69, 9.17) is 0 Å². The molecule has 22 heavy (non-hydrogen) atoms. The van der Waals surface area contributed by atoms with E-state index < -0.39 is 0 Å². The zero-order valence-electron chi connectivity index (χ0n) is 15.9. The van der Waals surface area contributed by atoms with Crippen LogP contribution in [0.5, 0.6) is 0 Å². The maximum atomic E-state index is 3.53. The summed E-state index contributed by atoms with van der Waals surface area (Å²) in [4.78, 5) is 4.45. The Hall–Kier alpha value is -0.240. The van der Waals surface area contributed by atoms with Crippen LogP contribution in [0.3, 0.4) is 0 Å². The van der Waals surface area contributed by atoms with Crippen molar-refractivity contribution in [2.45, 2.75) is 0 Å². The minimum atomic E-state index is 1.04. The summed E-state index contributed by atoms with van der Waals surface area (Å²) < 4.78 is 1.08. The number of nitrogens with one attached hydrogen (secondary N) is 3. The second-order valence-electron chi connectivity index (χ2n) is 7.24. The second kappa shape index (κ2) is 13.2. The summed E-state index contributed by atoms with van der Waals surface area (Å²) in [5.74, 6) is 0. The first-order chi connectivity index (χ1) is 10.3. The first kappa shape index (κ1) is 21.8. The molecule has 134 valence electrons. The van der Waals surface area contributed by atoms with Gasteiger partial charge in [0, 0.05) is 52.4 Å². The lowest BCUT2D eigenvalue weighted by atomic mass is 10.4. The quantitative estimate of drug-likeness (QED) is 0.266. The van der Waals surface area contributed by atoms with E-state index in [2.05, 4.69) is 68.0 Å². The maximum Gasteiger partial charge on any atom is 0.0911 e. The van der Waals surface area contributed by atoms with Crippen LogP contribution in [0.25, 0.3) is 0 Å². The van der Waals surface area contributed by atoms with Gasteiger partial charge in [-0.2, -0.15) is 0 Å². The second-order valence-corrected chi connectivity index (χ2v) is 7.24. The highest BCUT2D eigenvalue weighted by molar-refractivity contribution is 4.56. The Labute approximate surface area is 138 Å². The molecule has 6 nitrogen and oxygen atoms in total. The minimum absolute atomic E-state index is 1.04. The summed E-state index contributed by atoms with van der Waals surface area (Å²) in [7, 11) is 13.1. The smallest absolute Gasteiger partial charge is 0.0911 e. The Balaban J connectivity index is 3.29. The van der Waals surface area contributed by atoms with Crippen molar-refractivity contribution in [2.75, 3.05) is 108 Å². The van der Waals surface area contributed by atoms with Gasteiger partial charge in [-0.25, -0.2) is 0 Å². The van der Waals surface area contributed by atoms with Gasteiger partial charge in [0.25, 0.3) is 0 Å². The number of quaternary nitrogens is 1. The SMILES string of the molecule is CN(C)CCNCCNCCNCC[N+](C)(C)CCN(C)C. The van der Waals surface area contributed by atoms with Crippen molar-refractivity contribution in [1.82, 2.24) is 25.8 Å². The van der Waals surface area contributed by atoms with Gasteiger partial charge in [0.2, 0.25) is 0 Å². The third-order valence-corrected chi connectivity index (χ3v) is 3.74. The van der Waals surface area contributed by atoms with Crippen LogP contribution in [0.15, 0.2) is 0 Å². The van der Waals surface area contributed by atoms with E-state index in [9.17, 15) is 0 Å². The molecule has 0 saturated carbocycles. The summed E-state index contributed by atoms with van der Waals surface area (Å²) in [6.07, 6.45) is 0. The van der Waals surface area contributed by atoms with Gasteiger partial charge in [-0.1, -0.05) is 0 Å². The summed E-state index contributed by atoms with van der Waals surface area (Å²) in [5, 5.41) is 10.4. The van der Waals surface area contributed by atoms with Crippen LogP contribution in [0.2, 0.25) is 0 Å². The highest BCUT2D eigenvalue weighted by Crippen LogP contribution is 1.95. The van der Waals surface area contributed by atoms with E-state index in [1.54, 1.807) is 0 Å². The molecule has 0 aliphatic carbocycles. The van der Waals surface area contributed by atoms with Crippen LogP contribution in [-0.4, -0.2) is 122 Å². The summed E-state index contributed by atoms with van der Waals surface area (Å²) in [6.45, 7) is 11.0. The van der Waals surface area contributed by atoms with Gasteiger partial charge in [-0.3, -0.25) is 0 Å². The van der Waals surface area contributed by atoms with Crippen molar-refractivity contribution in [3.63, 3.8) is 0 Å². The third kappa shape index (κ3) is 16.1. The van der Waals surface area contributed by atoms with E-state index in [1.165, 1.54) is 13.1 Å². The van der Waals surface area contributed by atoms with Crippen molar-refractivity contribution >= 4 is 0 Å². The average Bonchev–Trinajstić information content (AvgIpc) is 2.42. The number of rotatable bonds is 15. The molecular formula is C16H41N6+. The van der Waals surface area contributed by atoms with Gasteiger partial charge in [0.1, 0.15) is 0 Å². The van der Waals surface area contributed by atoms with Crippen molar-refractivity contribution in [1.29, 1.82) is 0 Å². The predicted octanol–water partition coefficient (Wildman–Crippen LogP) is -1.05. The molecule has 0 amide bonds. The lowest BCUT2D eigenvalue weighted by Gasteiger charge is -2.31. The van der Waals surface area contributed by atoms with Crippen molar-refractivity contribution < 1.29 is 4.48 Å². The Morgan fingerprint density at radius 2 is 1.05 bits per heavy atom. The molecule has 0 heterocycles. The van der Waals surface area contributed by atoms with Crippen molar-refractivity contribution in [3.8, 4) is 0 Å². The predicted molar refractivity (Wildman–Crippen MR) is 97.6 cm³/mol. The van der Waals surface area contributed by atoms with E-state index in [0.29, 0.717) is 0 Å². The molecule has 0 bridgehead atoms. The van der Waals surface area contributed by atoms with Gasteiger partial charge in [0.05, 0.1) is 27.2 Å². The molecule has 0 spiro atoms. The molecule has 6 heteroatoms. The van der Waals surface area contributed by atoms with Crippen LogP contribution < -0.4 is 16.0 Å². The summed E-state index contributed by atoms with van der Waals surface area (Å²) in [6, 6.07) is 0. The van der Waals surface area contributed by atoms with E-state index in [-0.39, 0.29) is 0 Å². The van der Waals surface area contributed by atoms with Crippen molar-refractivity contribution in [2.24, 2.45) is 0 Å². The molecular weight excluding hydrogens is 276 g/mol. The molecule has 3 N–H and O–H groups in total. The zero-order chi connectivity index (χ0) is 16.8. The van der Waals surface area contributed by atoms with Crippen LogP contribution in [-0.2, 0) is 0 Å². The number of nitrogens with zero attached hydrogens (tertiary/aromatic N) is 3. The van der Waals surface area contributed by atoms with Crippen LogP contribution >= 0.6 is 0 Å². The lowest BCUT2D eigenvalue weighted by molar-refractivity contribution is -0.888. The zero-order valence-corrected chi connectivity index (χ0v) is 15.9. The Morgan fingerprint density at radius 1 is 0.591 bits per heavy atom. The standard InChI is InChI=1S/C16H41N6/c1-20(2)13-11-18-9-7-17-8-10-19-12-15-22(5,6)16-14-21(3)4/h17-19H,7-16H2,1-6H3/q+1. The molecule has 0 aliphatic rings. The summed E-state index contributed by atoms with van der Waals surface area (Å²) >= 11 is 0. The number of likely N-dealkylation sites (N-methyl/N-ethyl adjacent to an activating group) is 3. The molecule has 0 aromatic carbocycles. The fourth-order valence-corrected chi connectivity index (χ4v) is 2.00. The van der Waals surface area contributed by atoms with E-state index in [1.807, 2.05) is 0 Å². The van der Waals surface area contributed by atoms with Crippen LogP contribution in [0.1, 0.15) is 0 Å². The molecule has 0 aromatic heterocycles. The fraction of sp³-hybridized carbons (Fsp3) is 1.00. The Kier molecular flexibility index (Phi) is 13.1. The molecule has 0 rings (SSSR count).